The van der Waals surface area contributed by atoms with Crippen LogP contribution in [0.3, 0.4) is 0 Å². The summed E-state index contributed by atoms with van der Waals surface area (Å²) in [6.07, 6.45) is 0.891. The third-order valence-corrected chi connectivity index (χ3v) is 5.57. The highest BCUT2D eigenvalue weighted by Crippen LogP contribution is 2.22. The van der Waals surface area contributed by atoms with Gasteiger partial charge in [0.2, 0.25) is 0 Å². The number of quaternary nitrogens is 1. The molecule has 1 rings (SSSR count). The minimum absolute atomic E-state index is 0.0292. The lowest BCUT2D eigenvalue weighted by Crippen LogP contribution is -2.51. The van der Waals surface area contributed by atoms with Crippen molar-refractivity contribution in [1.29, 1.82) is 0 Å². The first-order valence-electron chi connectivity index (χ1n) is 12.2. The number of nitrogens with zero attached hydrogens (tertiary/aromatic N) is 1. The molecule has 0 amide bonds. The van der Waals surface area contributed by atoms with Gasteiger partial charge in [-0.2, -0.15) is 0 Å². The molecule has 1 fully saturated rings. The molecule has 10 heteroatoms. The van der Waals surface area contributed by atoms with E-state index in [0.717, 1.165) is 37.1 Å². The van der Waals surface area contributed by atoms with E-state index >= 15 is 0 Å². The minimum Gasteiger partial charge on any atom is -0.460 e. The Labute approximate surface area is 214 Å². The van der Waals surface area contributed by atoms with Gasteiger partial charge in [-0.25, -0.2) is 14.4 Å². The molecule has 0 aromatic rings. The van der Waals surface area contributed by atoms with Crippen LogP contribution in [0, 0.1) is 0 Å². The summed E-state index contributed by atoms with van der Waals surface area (Å²) in [7, 11) is 0. The highest BCUT2D eigenvalue weighted by molar-refractivity contribution is 5.87. The van der Waals surface area contributed by atoms with Crippen molar-refractivity contribution in [2.24, 2.45) is 0 Å². The lowest BCUT2D eigenvalue weighted by Gasteiger charge is -2.34. The number of hydrogen-bond acceptors (Lipinski definition) is 9. The van der Waals surface area contributed by atoms with Crippen molar-refractivity contribution in [3.05, 3.63) is 36.5 Å². The van der Waals surface area contributed by atoms with Crippen LogP contribution >= 0.6 is 0 Å². The zero-order chi connectivity index (χ0) is 27.0. The van der Waals surface area contributed by atoms with Crippen LogP contribution in [-0.2, 0) is 42.8 Å². The molecule has 1 heterocycles. The molecule has 1 saturated heterocycles. The van der Waals surface area contributed by atoms with Crippen LogP contribution in [0.15, 0.2) is 36.5 Å². The van der Waals surface area contributed by atoms with E-state index < -0.39 is 17.9 Å². The molecule has 0 radical (unpaired) electrons. The van der Waals surface area contributed by atoms with Gasteiger partial charge in [-0.15, -0.1) is 0 Å². The third-order valence-electron chi connectivity index (χ3n) is 5.57. The van der Waals surface area contributed by atoms with Gasteiger partial charge in [-0.3, -0.25) is 0 Å². The Hall–Kier alpha value is -2.53. The van der Waals surface area contributed by atoms with Crippen LogP contribution in [0.25, 0.3) is 0 Å². The monoisotopic (exact) mass is 512 g/mol. The summed E-state index contributed by atoms with van der Waals surface area (Å²) in [4.78, 5) is 34.4. The van der Waals surface area contributed by atoms with Gasteiger partial charge >= 0.3 is 17.9 Å². The van der Waals surface area contributed by atoms with Crippen LogP contribution in [0.1, 0.15) is 27.2 Å². The van der Waals surface area contributed by atoms with Gasteiger partial charge in [-0.1, -0.05) is 19.7 Å². The number of ether oxygens (including phenoxy) is 6. The van der Waals surface area contributed by atoms with E-state index in [-0.39, 0.29) is 25.9 Å². The lowest BCUT2D eigenvalue weighted by molar-refractivity contribution is -0.918. The quantitative estimate of drug-likeness (QED) is 0.0844. The molecule has 1 unspecified atom stereocenters. The Balaban J connectivity index is 2.45. The molecule has 204 valence electrons. The van der Waals surface area contributed by atoms with Crippen molar-refractivity contribution in [1.82, 2.24) is 0 Å². The normalized spacial score (nSPS) is 16.2. The van der Waals surface area contributed by atoms with Gasteiger partial charge in [0.1, 0.15) is 45.6 Å². The number of likely N-dealkylation sites (tertiary alicyclic amines) is 1. The van der Waals surface area contributed by atoms with E-state index in [9.17, 15) is 14.4 Å². The fraction of sp³-hybridized carbons (Fsp3) is 0.654. The van der Waals surface area contributed by atoms with Crippen LogP contribution in [0.2, 0.25) is 0 Å². The van der Waals surface area contributed by atoms with Crippen molar-refractivity contribution in [3.63, 3.8) is 0 Å². The topological polar surface area (TPSA) is 107 Å². The van der Waals surface area contributed by atoms with E-state index in [1.165, 1.54) is 0 Å². The summed E-state index contributed by atoms with van der Waals surface area (Å²) in [6, 6.07) is 0. The first kappa shape index (κ1) is 31.5. The molecule has 0 aromatic carbocycles. The Morgan fingerprint density at radius 2 is 1.08 bits per heavy atom. The van der Waals surface area contributed by atoms with Crippen molar-refractivity contribution < 1.29 is 47.3 Å². The Morgan fingerprint density at radius 1 is 0.667 bits per heavy atom. The first-order chi connectivity index (χ1) is 17.1. The lowest BCUT2D eigenvalue weighted by atomic mass is 10.3. The second kappa shape index (κ2) is 17.0. The molecule has 0 spiro atoms. The molecule has 1 atom stereocenters. The molecular weight excluding hydrogens is 470 g/mol. The number of carbonyl (C=O) groups is 3. The zero-order valence-electron chi connectivity index (χ0n) is 22.0. The Kier molecular flexibility index (Phi) is 14.9. The summed E-state index contributed by atoms with van der Waals surface area (Å²) in [6.45, 7) is 21.0. The van der Waals surface area contributed by atoms with Gasteiger partial charge in [0, 0.05) is 23.1 Å². The van der Waals surface area contributed by atoms with Crippen LogP contribution in [-0.4, -0.2) is 108 Å². The molecular formula is C26H42NO9+. The van der Waals surface area contributed by atoms with Crippen molar-refractivity contribution >= 4 is 17.9 Å². The number of esters is 3. The predicted octanol–water partition coefficient (Wildman–Crippen LogP) is 1.98. The van der Waals surface area contributed by atoms with Crippen LogP contribution < -0.4 is 0 Å². The summed E-state index contributed by atoms with van der Waals surface area (Å²) in [5, 5.41) is 0. The van der Waals surface area contributed by atoms with E-state index in [4.69, 9.17) is 28.4 Å². The van der Waals surface area contributed by atoms with Crippen molar-refractivity contribution in [3.8, 4) is 0 Å². The standard InChI is InChI=1S/C26H42NO9/c1-20(2)24(28)34-15-13-31-11-9-27(10-12-32-14-16-35-25(29)21(3)4)8-7-23(19-27)33-17-18-36-26(30)22(5)6/h23H,1,3,5,7-19H2,2,4,6H3/q+1. The summed E-state index contributed by atoms with van der Waals surface area (Å²) >= 11 is 0. The smallest absolute Gasteiger partial charge is 0.333 e. The fourth-order valence-corrected chi connectivity index (χ4v) is 3.51. The third kappa shape index (κ3) is 13.0. The molecule has 0 bridgehead atoms. The van der Waals surface area contributed by atoms with Gasteiger partial charge in [-0.05, 0) is 20.8 Å². The van der Waals surface area contributed by atoms with Crippen LogP contribution in [0.4, 0.5) is 0 Å². The highest BCUT2D eigenvalue weighted by atomic mass is 16.6. The molecule has 1 aliphatic heterocycles. The largest absolute Gasteiger partial charge is 0.460 e. The predicted molar refractivity (Wildman–Crippen MR) is 133 cm³/mol. The maximum atomic E-state index is 11.5. The maximum Gasteiger partial charge on any atom is 0.333 e. The summed E-state index contributed by atoms with van der Waals surface area (Å²) < 4.78 is 33.3. The second-order valence-corrected chi connectivity index (χ2v) is 8.95. The molecule has 1 aliphatic rings. The second-order valence-electron chi connectivity index (χ2n) is 8.95. The summed E-state index contributed by atoms with van der Waals surface area (Å²) in [5.74, 6) is -1.28. The van der Waals surface area contributed by atoms with Gasteiger partial charge < -0.3 is 32.9 Å². The van der Waals surface area contributed by atoms with Crippen molar-refractivity contribution in [2.45, 2.75) is 33.3 Å². The molecule has 0 aromatic heterocycles. The van der Waals surface area contributed by atoms with E-state index in [1.54, 1.807) is 20.8 Å². The minimum atomic E-state index is -0.429. The highest BCUT2D eigenvalue weighted by Gasteiger charge is 2.38. The maximum absolute atomic E-state index is 11.5. The number of hydrogen-bond donors (Lipinski definition) is 0. The fourth-order valence-electron chi connectivity index (χ4n) is 3.51. The molecule has 0 aliphatic carbocycles. The first-order valence-corrected chi connectivity index (χ1v) is 12.2. The molecule has 10 nitrogen and oxygen atoms in total. The van der Waals surface area contributed by atoms with E-state index in [1.807, 2.05) is 0 Å². The van der Waals surface area contributed by atoms with Crippen LogP contribution in [0.5, 0.6) is 0 Å². The average Bonchev–Trinajstić information content (AvgIpc) is 3.23. The molecule has 0 saturated carbocycles. The number of rotatable bonds is 19. The van der Waals surface area contributed by atoms with Gasteiger partial charge in [0.15, 0.2) is 0 Å². The number of carbonyl (C=O) groups excluding carboxylic acids is 3. The van der Waals surface area contributed by atoms with Gasteiger partial charge in [0.25, 0.3) is 0 Å². The zero-order valence-corrected chi connectivity index (χ0v) is 22.0. The SMILES string of the molecule is C=C(C)C(=O)OCCOCC[N+]1(CCOCCOC(=O)C(=C)C)CCC(OCCOC(=O)C(=C)C)C1. The van der Waals surface area contributed by atoms with Crippen molar-refractivity contribution in [2.75, 3.05) is 79.0 Å². The van der Waals surface area contributed by atoms with E-state index in [2.05, 4.69) is 19.7 Å². The molecule has 0 N–H and O–H groups in total. The average molecular weight is 513 g/mol. The molecule has 36 heavy (non-hydrogen) atoms. The summed E-state index contributed by atoms with van der Waals surface area (Å²) in [5.41, 5.74) is 1.06. The Morgan fingerprint density at radius 3 is 1.50 bits per heavy atom. The van der Waals surface area contributed by atoms with Gasteiger partial charge in [0.05, 0.1) is 39.6 Å². The van der Waals surface area contributed by atoms with E-state index in [0.29, 0.717) is 49.8 Å². The Bertz CT molecular complexity index is 739.